The van der Waals surface area contributed by atoms with Gasteiger partial charge in [-0.1, -0.05) is 12.1 Å². The van der Waals surface area contributed by atoms with E-state index in [0.29, 0.717) is 0 Å². The van der Waals surface area contributed by atoms with Gasteiger partial charge >= 0.3 is 0 Å². The highest BCUT2D eigenvalue weighted by Crippen LogP contribution is 2.26. The second-order valence-electron chi connectivity index (χ2n) is 6.54. The van der Waals surface area contributed by atoms with Gasteiger partial charge < -0.3 is 10.6 Å². The molecule has 0 aromatic heterocycles. The van der Waals surface area contributed by atoms with Gasteiger partial charge in [0.1, 0.15) is 5.82 Å². The predicted molar refractivity (Wildman–Crippen MR) is 85.6 cm³/mol. The van der Waals surface area contributed by atoms with Gasteiger partial charge in [0.25, 0.3) is 0 Å². The van der Waals surface area contributed by atoms with Gasteiger partial charge in [-0.2, -0.15) is 0 Å². The molecule has 2 N–H and O–H groups in total. The monoisotopic (exact) mass is 293 g/mol. The van der Waals surface area contributed by atoms with E-state index in [9.17, 15) is 4.39 Å². The Morgan fingerprint density at radius 1 is 1.29 bits per heavy atom. The van der Waals surface area contributed by atoms with E-state index < -0.39 is 0 Å². The molecule has 0 spiro atoms. The van der Waals surface area contributed by atoms with Crippen molar-refractivity contribution in [1.29, 1.82) is 0 Å². The van der Waals surface area contributed by atoms with Crippen LogP contribution in [-0.2, 0) is 0 Å². The number of nitrogens with two attached hydrogens (primary N) is 1. The van der Waals surface area contributed by atoms with Crippen molar-refractivity contribution in [2.45, 2.75) is 31.8 Å². The summed E-state index contributed by atoms with van der Waals surface area (Å²) in [7, 11) is 4.32. The van der Waals surface area contributed by atoms with Crippen LogP contribution in [0.5, 0.6) is 0 Å². The zero-order valence-electron chi connectivity index (χ0n) is 13.4. The maximum atomic E-state index is 13.1. The first-order chi connectivity index (χ1) is 9.97. The molecule has 0 saturated carbocycles. The molecule has 0 amide bonds. The van der Waals surface area contributed by atoms with Crippen LogP contribution in [0.4, 0.5) is 4.39 Å². The van der Waals surface area contributed by atoms with Crippen LogP contribution in [0.15, 0.2) is 24.3 Å². The molecule has 3 nitrogen and oxygen atoms in total. The molecule has 1 aromatic carbocycles. The van der Waals surface area contributed by atoms with Crippen molar-refractivity contribution in [1.82, 2.24) is 9.80 Å². The summed E-state index contributed by atoms with van der Waals surface area (Å²) in [5.74, 6) is 0.535. The fraction of sp³-hybridized carbons (Fsp3) is 0.647. The van der Waals surface area contributed by atoms with Gasteiger partial charge in [0, 0.05) is 18.6 Å². The lowest BCUT2D eigenvalue weighted by atomic mass is 9.93. The van der Waals surface area contributed by atoms with Gasteiger partial charge in [0.15, 0.2) is 0 Å². The van der Waals surface area contributed by atoms with E-state index in [4.69, 9.17) is 5.73 Å². The Morgan fingerprint density at radius 3 is 2.38 bits per heavy atom. The van der Waals surface area contributed by atoms with Gasteiger partial charge in [-0.15, -0.1) is 0 Å². The summed E-state index contributed by atoms with van der Waals surface area (Å²) in [6, 6.07) is 6.92. The summed E-state index contributed by atoms with van der Waals surface area (Å²) in [5, 5.41) is 0. The summed E-state index contributed by atoms with van der Waals surface area (Å²) < 4.78 is 13.1. The minimum absolute atomic E-state index is 0.0201. The van der Waals surface area contributed by atoms with Gasteiger partial charge in [-0.05, 0) is 70.6 Å². The first-order valence-electron chi connectivity index (χ1n) is 7.87. The number of hydrogen-bond acceptors (Lipinski definition) is 3. The quantitative estimate of drug-likeness (QED) is 0.905. The fourth-order valence-corrected chi connectivity index (χ4v) is 3.38. The third-order valence-corrected chi connectivity index (χ3v) is 4.57. The molecule has 2 unspecified atom stereocenters. The lowest BCUT2D eigenvalue weighted by Gasteiger charge is -2.36. The molecule has 1 saturated heterocycles. The highest BCUT2D eigenvalue weighted by Gasteiger charge is 2.25. The maximum absolute atomic E-state index is 13.1. The van der Waals surface area contributed by atoms with Crippen LogP contribution in [0, 0.1) is 11.7 Å². The molecule has 2 rings (SSSR count). The Kier molecular flexibility index (Phi) is 5.73. The summed E-state index contributed by atoms with van der Waals surface area (Å²) in [4.78, 5) is 4.73. The van der Waals surface area contributed by atoms with Crippen LogP contribution in [-0.4, -0.2) is 49.6 Å². The fourth-order valence-electron chi connectivity index (χ4n) is 3.38. The Balaban J connectivity index is 2.02. The van der Waals surface area contributed by atoms with Crippen LogP contribution < -0.4 is 5.73 Å². The van der Waals surface area contributed by atoms with E-state index in [0.717, 1.165) is 18.0 Å². The molecule has 1 aromatic rings. The molecule has 0 radical (unpaired) electrons. The van der Waals surface area contributed by atoms with Crippen molar-refractivity contribution < 1.29 is 4.39 Å². The van der Waals surface area contributed by atoms with Gasteiger partial charge in [0.05, 0.1) is 0 Å². The summed E-state index contributed by atoms with van der Waals surface area (Å²) >= 11 is 0. The number of nitrogens with zero attached hydrogens (tertiary/aromatic N) is 2. The van der Waals surface area contributed by atoms with Crippen molar-refractivity contribution in [3.63, 3.8) is 0 Å². The first kappa shape index (κ1) is 16.4. The lowest BCUT2D eigenvalue weighted by molar-refractivity contribution is 0.140. The van der Waals surface area contributed by atoms with E-state index >= 15 is 0 Å². The van der Waals surface area contributed by atoms with Crippen molar-refractivity contribution in [3.8, 4) is 0 Å². The molecule has 1 aliphatic rings. The minimum atomic E-state index is -0.194. The number of halogens is 1. The molecule has 0 bridgehead atoms. The van der Waals surface area contributed by atoms with E-state index in [1.807, 2.05) is 19.1 Å². The highest BCUT2D eigenvalue weighted by atomic mass is 19.1. The van der Waals surface area contributed by atoms with Crippen molar-refractivity contribution >= 4 is 0 Å². The van der Waals surface area contributed by atoms with E-state index in [1.165, 1.54) is 38.1 Å². The second kappa shape index (κ2) is 7.34. The summed E-state index contributed by atoms with van der Waals surface area (Å²) in [6.07, 6.45) is 2.49. The van der Waals surface area contributed by atoms with Crippen LogP contribution >= 0.6 is 0 Å². The Bertz CT molecular complexity index is 424. The Labute approximate surface area is 127 Å². The smallest absolute Gasteiger partial charge is 0.123 e. The average Bonchev–Trinajstić information content (AvgIpc) is 2.43. The van der Waals surface area contributed by atoms with Gasteiger partial charge in [-0.25, -0.2) is 4.39 Å². The van der Waals surface area contributed by atoms with E-state index in [2.05, 4.69) is 23.9 Å². The molecule has 1 fully saturated rings. The third-order valence-electron chi connectivity index (χ3n) is 4.57. The molecule has 118 valence electrons. The van der Waals surface area contributed by atoms with E-state index in [1.54, 1.807) is 0 Å². The second-order valence-corrected chi connectivity index (χ2v) is 6.54. The Morgan fingerprint density at radius 2 is 1.86 bits per heavy atom. The largest absolute Gasteiger partial charge is 0.326 e. The molecule has 1 aliphatic heterocycles. The normalized spacial score (nSPS) is 20.7. The zero-order chi connectivity index (χ0) is 15.4. The number of likely N-dealkylation sites (N-methyl/N-ethyl adjacent to an activating group) is 1. The van der Waals surface area contributed by atoms with Crippen molar-refractivity contribution in [2.24, 2.45) is 11.7 Å². The molecule has 4 heteroatoms. The molecular formula is C17H28FN3. The summed E-state index contributed by atoms with van der Waals surface area (Å²) in [5.41, 5.74) is 7.29. The van der Waals surface area contributed by atoms with Gasteiger partial charge in [-0.3, -0.25) is 4.90 Å². The molecular weight excluding hydrogens is 265 g/mol. The molecule has 2 atom stereocenters. The van der Waals surface area contributed by atoms with E-state index in [-0.39, 0.29) is 17.9 Å². The predicted octanol–water partition coefficient (Wildman–Crippen LogP) is 2.49. The van der Waals surface area contributed by atoms with Gasteiger partial charge in [0.2, 0.25) is 0 Å². The SMILES string of the molecule is CC(N)C(c1ccc(F)cc1)N(C)CC1CCN(C)CC1. The number of hydrogen-bond donors (Lipinski definition) is 1. The number of rotatable bonds is 5. The van der Waals surface area contributed by atoms with Crippen molar-refractivity contribution in [2.75, 3.05) is 33.7 Å². The average molecular weight is 293 g/mol. The third kappa shape index (κ3) is 4.50. The number of likely N-dealkylation sites (tertiary alicyclic amines) is 1. The van der Waals surface area contributed by atoms with Crippen LogP contribution in [0.25, 0.3) is 0 Å². The first-order valence-corrected chi connectivity index (χ1v) is 7.87. The number of benzene rings is 1. The Hall–Kier alpha value is -0.970. The minimum Gasteiger partial charge on any atom is -0.326 e. The number of piperidine rings is 1. The molecule has 1 heterocycles. The highest BCUT2D eigenvalue weighted by molar-refractivity contribution is 5.21. The van der Waals surface area contributed by atoms with Crippen LogP contribution in [0.3, 0.4) is 0 Å². The van der Waals surface area contributed by atoms with Crippen molar-refractivity contribution in [3.05, 3.63) is 35.6 Å². The van der Waals surface area contributed by atoms with Crippen LogP contribution in [0.1, 0.15) is 31.4 Å². The van der Waals surface area contributed by atoms with Crippen LogP contribution in [0.2, 0.25) is 0 Å². The standard InChI is InChI=1S/C17H28FN3/c1-13(19)17(15-4-6-16(18)7-5-15)21(3)12-14-8-10-20(2)11-9-14/h4-7,13-14,17H,8-12,19H2,1-3H3. The molecule has 0 aliphatic carbocycles. The summed E-state index contributed by atoms with van der Waals surface area (Å²) in [6.45, 7) is 5.44. The maximum Gasteiger partial charge on any atom is 0.123 e. The lowest BCUT2D eigenvalue weighted by Crippen LogP contribution is -2.41. The molecule has 21 heavy (non-hydrogen) atoms. The zero-order valence-corrected chi connectivity index (χ0v) is 13.4. The topological polar surface area (TPSA) is 32.5 Å².